The zero-order valence-electron chi connectivity index (χ0n) is 16.5. The molecule has 0 saturated carbocycles. The highest BCUT2D eigenvalue weighted by molar-refractivity contribution is 5.78. The number of rotatable bonds is 7. The van der Waals surface area contributed by atoms with Crippen molar-refractivity contribution in [2.24, 2.45) is 0 Å². The number of nitrogens with zero attached hydrogens (tertiary/aromatic N) is 3. The molecule has 0 saturated heterocycles. The van der Waals surface area contributed by atoms with Crippen LogP contribution in [-0.2, 0) is 17.8 Å². The standard InChI is InChI=1S/C22H24N4O3/c1-22(2)13-17-9-6-10-19(21(17)29-22)28-15-20(27)25-18(14-26-23-11-12-24-26)16-7-4-3-5-8-16/h3-12,18H,13-15H2,1-2H3,(H,25,27). The number of ether oxygens (including phenoxy) is 2. The molecule has 0 aliphatic carbocycles. The third-order valence-corrected chi connectivity index (χ3v) is 4.76. The molecule has 2 heterocycles. The van der Waals surface area contributed by atoms with E-state index in [2.05, 4.69) is 15.5 Å². The molecular formula is C22H24N4O3. The van der Waals surface area contributed by atoms with Crippen molar-refractivity contribution in [3.63, 3.8) is 0 Å². The molecule has 29 heavy (non-hydrogen) atoms. The fourth-order valence-electron chi connectivity index (χ4n) is 3.50. The van der Waals surface area contributed by atoms with Crippen molar-refractivity contribution in [1.29, 1.82) is 0 Å². The van der Waals surface area contributed by atoms with Gasteiger partial charge in [0.2, 0.25) is 0 Å². The third-order valence-electron chi connectivity index (χ3n) is 4.76. The van der Waals surface area contributed by atoms with Gasteiger partial charge >= 0.3 is 0 Å². The Bertz CT molecular complexity index is 971. The number of nitrogens with one attached hydrogen (secondary N) is 1. The first-order valence-electron chi connectivity index (χ1n) is 9.62. The maximum atomic E-state index is 12.6. The van der Waals surface area contributed by atoms with Gasteiger partial charge in [0.25, 0.3) is 5.91 Å². The molecule has 7 nitrogen and oxygen atoms in total. The lowest BCUT2D eigenvalue weighted by atomic mass is 10.0. The summed E-state index contributed by atoms with van der Waals surface area (Å²) in [5.41, 5.74) is 1.81. The molecule has 1 aromatic heterocycles. The van der Waals surface area contributed by atoms with Gasteiger partial charge in [-0.1, -0.05) is 42.5 Å². The number of carbonyl (C=O) groups is 1. The third kappa shape index (κ3) is 4.56. The number of amides is 1. The number of hydrogen-bond donors (Lipinski definition) is 1. The predicted octanol–water partition coefficient (Wildman–Crippen LogP) is 2.93. The fourth-order valence-corrected chi connectivity index (χ4v) is 3.50. The maximum Gasteiger partial charge on any atom is 0.258 e. The molecular weight excluding hydrogens is 368 g/mol. The van der Waals surface area contributed by atoms with E-state index in [4.69, 9.17) is 9.47 Å². The van der Waals surface area contributed by atoms with Crippen LogP contribution in [-0.4, -0.2) is 33.1 Å². The minimum Gasteiger partial charge on any atom is -0.483 e. The summed E-state index contributed by atoms with van der Waals surface area (Å²) in [5.74, 6) is 1.10. The van der Waals surface area contributed by atoms with Crippen LogP contribution in [0.3, 0.4) is 0 Å². The van der Waals surface area contributed by atoms with Crippen LogP contribution in [0.4, 0.5) is 0 Å². The highest BCUT2D eigenvalue weighted by Crippen LogP contribution is 2.41. The second-order valence-electron chi connectivity index (χ2n) is 7.69. The van der Waals surface area contributed by atoms with E-state index < -0.39 is 0 Å². The smallest absolute Gasteiger partial charge is 0.258 e. The lowest BCUT2D eigenvalue weighted by Crippen LogP contribution is -2.35. The van der Waals surface area contributed by atoms with E-state index in [1.165, 1.54) is 0 Å². The molecule has 0 radical (unpaired) electrons. The molecule has 3 aromatic rings. The van der Waals surface area contributed by atoms with Gasteiger partial charge in [-0.05, 0) is 25.5 Å². The van der Waals surface area contributed by atoms with Gasteiger partial charge in [0.1, 0.15) is 5.60 Å². The number of carbonyl (C=O) groups excluding carboxylic acids is 1. The molecule has 1 amide bonds. The molecule has 1 N–H and O–H groups in total. The summed E-state index contributed by atoms with van der Waals surface area (Å²) in [6, 6.07) is 15.3. The highest BCUT2D eigenvalue weighted by Gasteiger charge is 2.32. The Morgan fingerprint density at radius 3 is 2.69 bits per heavy atom. The molecule has 150 valence electrons. The first-order valence-corrected chi connectivity index (χ1v) is 9.62. The van der Waals surface area contributed by atoms with Gasteiger partial charge in [-0.25, -0.2) is 0 Å². The topological polar surface area (TPSA) is 78.3 Å². The van der Waals surface area contributed by atoms with Crippen LogP contribution in [0.1, 0.15) is 31.0 Å². The minimum atomic E-state index is -0.267. The molecule has 0 bridgehead atoms. The van der Waals surface area contributed by atoms with Gasteiger partial charge in [0.15, 0.2) is 18.1 Å². The molecule has 1 atom stereocenters. The average Bonchev–Trinajstić information content (AvgIpc) is 3.32. The van der Waals surface area contributed by atoms with E-state index in [1.54, 1.807) is 17.2 Å². The lowest BCUT2D eigenvalue weighted by Gasteiger charge is -2.20. The number of fused-ring (bicyclic) bond motifs is 1. The second kappa shape index (κ2) is 7.95. The number of aromatic nitrogens is 3. The molecule has 2 aromatic carbocycles. The van der Waals surface area contributed by atoms with E-state index >= 15 is 0 Å². The van der Waals surface area contributed by atoms with Crippen molar-refractivity contribution in [3.05, 3.63) is 72.1 Å². The number of para-hydroxylation sites is 1. The van der Waals surface area contributed by atoms with Crippen molar-refractivity contribution in [2.45, 2.75) is 38.5 Å². The first kappa shape index (κ1) is 19.0. The van der Waals surface area contributed by atoms with E-state index in [1.807, 2.05) is 62.4 Å². The number of hydrogen-bond acceptors (Lipinski definition) is 5. The van der Waals surface area contributed by atoms with Gasteiger partial charge in [0.05, 0.1) is 25.0 Å². The summed E-state index contributed by atoms with van der Waals surface area (Å²) in [6.07, 6.45) is 4.05. The van der Waals surface area contributed by atoms with E-state index in [9.17, 15) is 4.79 Å². The zero-order valence-corrected chi connectivity index (χ0v) is 16.5. The zero-order chi connectivity index (χ0) is 20.3. The van der Waals surface area contributed by atoms with Crippen molar-refractivity contribution < 1.29 is 14.3 Å². The Kier molecular flexibility index (Phi) is 5.20. The van der Waals surface area contributed by atoms with Gasteiger partial charge in [0, 0.05) is 12.0 Å². The van der Waals surface area contributed by atoms with E-state index in [0.29, 0.717) is 12.3 Å². The summed E-state index contributed by atoms with van der Waals surface area (Å²) in [4.78, 5) is 14.2. The Hall–Kier alpha value is -3.35. The maximum absolute atomic E-state index is 12.6. The summed E-state index contributed by atoms with van der Waals surface area (Å²) < 4.78 is 11.8. The monoisotopic (exact) mass is 392 g/mol. The Morgan fingerprint density at radius 2 is 1.93 bits per heavy atom. The predicted molar refractivity (Wildman–Crippen MR) is 108 cm³/mol. The van der Waals surface area contributed by atoms with Crippen LogP contribution in [0.25, 0.3) is 0 Å². The van der Waals surface area contributed by atoms with Crippen molar-refractivity contribution >= 4 is 5.91 Å². The molecule has 0 fully saturated rings. The summed E-state index contributed by atoms with van der Waals surface area (Å²) >= 11 is 0. The van der Waals surface area contributed by atoms with Crippen LogP contribution >= 0.6 is 0 Å². The molecule has 1 aliphatic rings. The normalized spacial score (nSPS) is 15.2. The molecule has 4 rings (SSSR count). The summed E-state index contributed by atoms with van der Waals surface area (Å²) in [7, 11) is 0. The van der Waals surface area contributed by atoms with Crippen LogP contribution < -0.4 is 14.8 Å². The molecule has 0 spiro atoms. The quantitative estimate of drug-likeness (QED) is 0.669. The van der Waals surface area contributed by atoms with Crippen LogP contribution in [0, 0.1) is 0 Å². The van der Waals surface area contributed by atoms with Crippen LogP contribution in [0.5, 0.6) is 11.5 Å². The van der Waals surface area contributed by atoms with Crippen molar-refractivity contribution in [2.75, 3.05) is 6.61 Å². The Morgan fingerprint density at radius 1 is 1.17 bits per heavy atom. The molecule has 1 unspecified atom stereocenters. The lowest BCUT2D eigenvalue weighted by molar-refractivity contribution is -0.124. The van der Waals surface area contributed by atoms with Gasteiger partial charge in [-0.3, -0.25) is 4.79 Å². The minimum absolute atomic E-state index is 0.101. The first-order chi connectivity index (χ1) is 14.0. The Labute approximate surface area is 169 Å². The largest absolute Gasteiger partial charge is 0.483 e. The second-order valence-corrected chi connectivity index (χ2v) is 7.69. The van der Waals surface area contributed by atoms with Crippen molar-refractivity contribution in [3.8, 4) is 11.5 Å². The Balaban J connectivity index is 1.42. The van der Waals surface area contributed by atoms with Gasteiger partial charge < -0.3 is 14.8 Å². The van der Waals surface area contributed by atoms with Crippen molar-refractivity contribution in [1.82, 2.24) is 20.3 Å². The molecule has 1 aliphatic heterocycles. The van der Waals surface area contributed by atoms with Crippen LogP contribution in [0.15, 0.2) is 60.9 Å². The fraction of sp³-hybridized carbons (Fsp3) is 0.318. The summed E-state index contributed by atoms with van der Waals surface area (Å²) in [5, 5.41) is 11.3. The SMILES string of the molecule is CC1(C)Cc2cccc(OCC(=O)NC(Cn3nccn3)c3ccccc3)c2O1. The average molecular weight is 392 g/mol. The van der Waals surface area contributed by atoms with E-state index in [-0.39, 0.29) is 24.2 Å². The van der Waals surface area contributed by atoms with Gasteiger partial charge in [-0.15, -0.1) is 0 Å². The van der Waals surface area contributed by atoms with Crippen LogP contribution in [0.2, 0.25) is 0 Å². The van der Waals surface area contributed by atoms with E-state index in [0.717, 1.165) is 23.3 Å². The molecule has 7 heteroatoms. The highest BCUT2D eigenvalue weighted by atomic mass is 16.5. The number of benzene rings is 2. The summed E-state index contributed by atoms with van der Waals surface area (Å²) in [6.45, 7) is 4.41. The van der Waals surface area contributed by atoms with Gasteiger partial charge in [-0.2, -0.15) is 15.0 Å².